The van der Waals surface area contributed by atoms with Crippen molar-refractivity contribution in [1.82, 2.24) is 19.8 Å². The summed E-state index contributed by atoms with van der Waals surface area (Å²) in [5.74, 6) is -0.153. The lowest BCUT2D eigenvalue weighted by Crippen LogP contribution is -2.49. The van der Waals surface area contributed by atoms with Gasteiger partial charge in [-0.05, 0) is 54.6 Å². The topological polar surface area (TPSA) is 81.4 Å². The number of para-hydroxylation sites is 1. The van der Waals surface area contributed by atoms with Crippen molar-refractivity contribution < 1.29 is 9.53 Å². The molecule has 4 aromatic rings. The van der Waals surface area contributed by atoms with Gasteiger partial charge >= 0.3 is 5.97 Å². The fourth-order valence-electron chi connectivity index (χ4n) is 5.15. The molecule has 2 aromatic carbocycles. The summed E-state index contributed by atoms with van der Waals surface area (Å²) in [5.41, 5.74) is 5.68. The number of hydrogen-bond acceptors (Lipinski definition) is 5. The van der Waals surface area contributed by atoms with Crippen molar-refractivity contribution in [2.24, 2.45) is 0 Å². The predicted molar refractivity (Wildman–Crippen MR) is 140 cm³/mol. The van der Waals surface area contributed by atoms with Crippen LogP contribution in [0.5, 0.6) is 0 Å². The largest absolute Gasteiger partial charge is 0.469 e. The van der Waals surface area contributed by atoms with Crippen molar-refractivity contribution in [1.29, 1.82) is 0 Å². The monoisotopic (exact) mass is 472 g/mol. The Labute approximate surface area is 204 Å². The number of methoxy groups -OCH3 is 1. The van der Waals surface area contributed by atoms with E-state index in [4.69, 9.17) is 4.74 Å². The van der Waals surface area contributed by atoms with E-state index in [-0.39, 0.29) is 17.6 Å². The van der Waals surface area contributed by atoms with E-state index >= 15 is 0 Å². The number of benzene rings is 2. The molecular weight excluding hydrogens is 440 g/mol. The van der Waals surface area contributed by atoms with Crippen LogP contribution >= 0.6 is 0 Å². The molecule has 1 saturated heterocycles. The summed E-state index contributed by atoms with van der Waals surface area (Å²) in [7, 11) is 1.44. The van der Waals surface area contributed by atoms with Gasteiger partial charge in [-0.3, -0.25) is 19.4 Å². The van der Waals surface area contributed by atoms with Gasteiger partial charge < -0.3 is 14.7 Å². The number of fused-ring (bicyclic) bond motifs is 2. The summed E-state index contributed by atoms with van der Waals surface area (Å²) >= 11 is 0. The average Bonchev–Trinajstić information content (AvgIpc) is 3.19. The first-order valence-corrected chi connectivity index (χ1v) is 12.2. The van der Waals surface area contributed by atoms with Crippen LogP contribution in [0.3, 0.4) is 0 Å². The lowest BCUT2D eigenvalue weighted by atomic mass is 10.0. The second-order valence-electron chi connectivity index (χ2n) is 9.55. The van der Waals surface area contributed by atoms with Crippen molar-refractivity contribution >= 4 is 27.8 Å². The number of piperazine rings is 1. The fraction of sp³-hybridized carbons (Fsp3) is 0.357. The highest BCUT2D eigenvalue weighted by molar-refractivity contribution is 5.92. The van der Waals surface area contributed by atoms with E-state index in [1.54, 1.807) is 0 Å². The van der Waals surface area contributed by atoms with Crippen molar-refractivity contribution in [3.8, 4) is 11.3 Å². The molecule has 7 heteroatoms. The highest BCUT2D eigenvalue weighted by Crippen LogP contribution is 2.30. The van der Waals surface area contributed by atoms with Crippen LogP contribution in [0.1, 0.15) is 24.5 Å². The summed E-state index contributed by atoms with van der Waals surface area (Å²) < 4.78 is 4.81. The third-order valence-corrected chi connectivity index (χ3v) is 7.27. The minimum atomic E-state index is -0.153. The maximum absolute atomic E-state index is 12.8. The maximum Gasteiger partial charge on any atom is 0.307 e. The van der Waals surface area contributed by atoms with Gasteiger partial charge in [-0.1, -0.05) is 24.3 Å². The zero-order chi connectivity index (χ0) is 24.5. The molecule has 1 unspecified atom stereocenters. The summed E-state index contributed by atoms with van der Waals surface area (Å²) in [5, 5.41) is 2.16. The van der Waals surface area contributed by atoms with Crippen LogP contribution in [0.4, 0.5) is 0 Å². The minimum absolute atomic E-state index is 0.0853. The number of H-pyrrole nitrogens is 2. The molecule has 1 fully saturated rings. The number of pyridine rings is 1. The first-order valence-electron chi connectivity index (χ1n) is 12.2. The Morgan fingerprint density at radius 1 is 1.03 bits per heavy atom. The lowest BCUT2D eigenvalue weighted by Gasteiger charge is -2.37. The van der Waals surface area contributed by atoms with Gasteiger partial charge in [0.25, 0.3) is 5.56 Å². The standard InChI is InChI=1S/C28H32N4O3/c1-18(14-26(33)35-3)32-12-10-31(11-13-32)17-20-8-9-25-22(15-20)19(2)27(29-25)23-16-21-6-4-5-7-24(21)30-28(23)34/h4-9,15-16,18,29H,10-14,17H2,1-3H3,(H,30,34). The molecule has 3 heterocycles. The molecule has 0 radical (unpaired) electrons. The minimum Gasteiger partial charge on any atom is -0.469 e. The molecular formula is C28H32N4O3. The Kier molecular flexibility index (Phi) is 6.45. The number of ether oxygens (including phenoxy) is 1. The molecule has 0 spiro atoms. The van der Waals surface area contributed by atoms with Gasteiger partial charge in [0.05, 0.1) is 24.8 Å². The van der Waals surface area contributed by atoms with Gasteiger partial charge in [0, 0.05) is 55.2 Å². The van der Waals surface area contributed by atoms with Crippen molar-refractivity contribution in [3.63, 3.8) is 0 Å². The van der Waals surface area contributed by atoms with Gasteiger partial charge in [0.15, 0.2) is 0 Å². The van der Waals surface area contributed by atoms with Gasteiger partial charge in [-0.2, -0.15) is 0 Å². The smallest absolute Gasteiger partial charge is 0.307 e. The zero-order valence-corrected chi connectivity index (χ0v) is 20.6. The molecule has 35 heavy (non-hydrogen) atoms. The second-order valence-corrected chi connectivity index (χ2v) is 9.55. The van der Waals surface area contributed by atoms with Crippen LogP contribution in [0.2, 0.25) is 0 Å². The normalized spacial score (nSPS) is 16.1. The molecule has 1 aliphatic heterocycles. The van der Waals surface area contributed by atoms with Crippen molar-refractivity contribution in [2.75, 3.05) is 33.3 Å². The Morgan fingerprint density at radius 3 is 2.57 bits per heavy atom. The Bertz CT molecular complexity index is 1430. The number of aromatic amines is 2. The molecule has 0 aliphatic carbocycles. The highest BCUT2D eigenvalue weighted by Gasteiger charge is 2.23. The number of nitrogens with zero attached hydrogens (tertiary/aromatic N) is 2. The lowest BCUT2D eigenvalue weighted by molar-refractivity contribution is -0.142. The molecule has 1 aliphatic rings. The van der Waals surface area contributed by atoms with Gasteiger partial charge in [-0.15, -0.1) is 0 Å². The molecule has 5 rings (SSSR count). The zero-order valence-electron chi connectivity index (χ0n) is 20.6. The molecule has 182 valence electrons. The first-order chi connectivity index (χ1) is 16.9. The molecule has 1 atom stereocenters. The van der Waals surface area contributed by atoms with Crippen LogP contribution in [0.15, 0.2) is 53.3 Å². The summed E-state index contributed by atoms with van der Waals surface area (Å²) in [6, 6.07) is 16.5. The third kappa shape index (κ3) is 4.74. The number of hydrogen-bond donors (Lipinski definition) is 2. The van der Waals surface area contributed by atoms with Gasteiger partial charge in [0.2, 0.25) is 0 Å². The second kappa shape index (κ2) is 9.68. The summed E-state index contributed by atoms with van der Waals surface area (Å²) in [4.78, 5) is 35.7. The SMILES string of the molecule is COC(=O)CC(C)N1CCN(Cc2ccc3[nH]c(-c4cc5ccccc5[nH]c4=O)c(C)c3c2)CC1. The quantitative estimate of drug-likeness (QED) is 0.414. The van der Waals surface area contributed by atoms with Crippen LogP contribution in [-0.4, -0.2) is 65.1 Å². The van der Waals surface area contributed by atoms with E-state index in [1.165, 1.54) is 12.7 Å². The molecule has 2 N–H and O–H groups in total. The van der Waals surface area contributed by atoms with E-state index in [2.05, 4.69) is 51.8 Å². The van der Waals surface area contributed by atoms with Crippen LogP contribution in [0, 0.1) is 6.92 Å². The fourth-order valence-corrected chi connectivity index (χ4v) is 5.15. The van der Waals surface area contributed by atoms with Crippen LogP contribution in [0.25, 0.3) is 33.1 Å². The number of carbonyl (C=O) groups excluding carboxylic acids is 1. The number of aromatic nitrogens is 2. The van der Waals surface area contributed by atoms with Crippen molar-refractivity contribution in [2.45, 2.75) is 32.9 Å². The maximum atomic E-state index is 12.8. The number of rotatable bonds is 6. The Hall–Kier alpha value is -3.42. The number of nitrogens with one attached hydrogen (secondary N) is 2. The number of esters is 1. The molecule has 0 bridgehead atoms. The summed E-state index contributed by atoms with van der Waals surface area (Å²) in [6.45, 7) is 8.87. The number of carbonyl (C=O) groups is 1. The number of aryl methyl sites for hydroxylation is 1. The summed E-state index contributed by atoms with van der Waals surface area (Å²) in [6.07, 6.45) is 0.433. The predicted octanol–water partition coefficient (Wildman–Crippen LogP) is 4.05. The highest BCUT2D eigenvalue weighted by atomic mass is 16.5. The third-order valence-electron chi connectivity index (χ3n) is 7.27. The molecule has 0 amide bonds. The Balaban J connectivity index is 1.32. The van der Waals surface area contributed by atoms with Crippen LogP contribution in [-0.2, 0) is 16.1 Å². The Morgan fingerprint density at radius 2 is 1.80 bits per heavy atom. The average molecular weight is 473 g/mol. The van der Waals surface area contributed by atoms with E-state index in [9.17, 15) is 9.59 Å². The van der Waals surface area contributed by atoms with E-state index < -0.39 is 0 Å². The molecule has 2 aromatic heterocycles. The van der Waals surface area contributed by atoms with E-state index in [0.717, 1.165) is 65.8 Å². The van der Waals surface area contributed by atoms with Gasteiger partial charge in [0.1, 0.15) is 0 Å². The van der Waals surface area contributed by atoms with Gasteiger partial charge in [-0.25, -0.2) is 0 Å². The first kappa shape index (κ1) is 23.3. The van der Waals surface area contributed by atoms with E-state index in [0.29, 0.717) is 12.0 Å². The van der Waals surface area contributed by atoms with E-state index in [1.807, 2.05) is 30.3 Å². The molecule has 7 nitrogen and oxygen atoms in total. The van der Waals surface area contributed by atoms with Crippen LogP contribution < -0.4 is 5.56 Å². The molecule has 0 saturated carbocycles. The van der Waals surface area contributed by atoms with Crippen molar-refractivity contribution in [3.05, 3.63) is 70.0 Å².